The molecule has 5 heteroatoms. The molecule has 1 unspecified atom stereocenters. The second-order valence-corrected chi connectivity index (χ2v) is 4.68. The van der Waals surface area contributed by atoms with Gasteiger partial charge < -0.3 is 14.3 Å². The second-order valence-electron chi connectivity index (χ2n) is 4.68. The molecule has 3 rings (SSSR count). The molecular weight excluding hydrogens is 240 g/mol. The summed E-state index contributed by atoms with van der Waals surface area (Å²) in [4.78, 5) is 8.68. The van der Waals surface area contributed by atoms with E-state index in [4.69, 9.17) is 4.42 Å². The van der Waals surface area contributed by atoms with Crippen molar-refractivity contribution < 1.29 is 4.42 Å². The van der Waals surface area contributed by atoms with Gasteiger partial charge in [0.2, 0.25) is 0 Å². The first-order valence-corrected chi connectivity index (χ1v) is 6.24. The Morgan fingerprint density at radius 1 is 1.37 bits per heavy atom. The maximum Gasteiger partial charge on any atom is 0.192 e. The Bertz CT molecular complexity index is 713. The van der Waals surface area contributed by atoms with Crippen molar-refractivity contribution in [3.8, 4) is 0 Å². The fraction of sp³-hybridized carbons (Fsp3) is 0.286. The Hall–Kier alpha value is -2.30. The van der Waals surface area contributed by atoms with Gasteiger partial charge in [0.1, 0.15) is 11.3 Å². The summed E-state index contributed by atoms with van der Waals surface area (Å²) < 4.78 is 7.47. The van der Waals surface area contributed by atoms with E-state index in [2.05, 4.69) is 22.2 Å². The summed E-state index contributed by atoms with van der Waals surface area (Å²) in [6.07, 6.45) is 3.75. The van der Waals surface area contributed by atoms with E-state index in [1.54, 1.807) is 6.20 Å². The van der Waals surface area contributed by atoms with Gasteiger partial charge in [0.15, 0.2) is 11.5 Å². The molecule has 98 valence electrons. The fourth-order valence-electron chi connectivity index (χ4n) is 2.24. The van der Waals surface area contributed by atoms with Gasteiger partial charge in [-0.15, -0.1) is 0 Å². The summed E-state index contributed by atoms with van der Waals surface area (Å²) in [5.74, 6) is 1.68. The van der Waals surface area contributed by atoms with E-state index in [1.165, 1.54) is 0 Å². The minimum absolute atomic E-state index is 0.130. The first-order valence-electron chi connectivity index (χ1n) is 6.24. The number of hydrogen-bond acceptors (Lipinski definition) is 4. The molecule has 2 heterocycles. The largest absolute Gasteiger partial charge is 0.441 e. The number of benzene rings is 1. The van der Waals surface area contributed by atoms with Crippen LogP contribution < -0.4 is 5.32 Å². The summed E-state index contributed by atoms with van der Waals surface area (Å²) in [6, 6.07) is 6.05. The van der Waals surface area contributed by atoms with Crippen LogP contribution in [-0.2, 0) is 7.05 Å². The van der Waals surface area contributed by atoms with Crippen molar-refractivity contribution in [2.75, 3.05) is 5.32 Å². The van der Waals surface area contributed by atoms with Crippen molar-refractivity contribution in [3.63, 3.8) is 0 Å². The molecule has 3 aromatic rings. The molecular formula is C14H16N4O. The predicted molar refractivity (Wildman–Crippen MR) is 74.0 cm³/mol. The molecule has 1 atom stereocenters. The minimum Gasteiger partial charge on any atom is -0.441 e. The number of anilines is 1. The lowest BCUT2D eigenvalue weighted by molar-refractivity contribution is 0.561. The molecule has 0 bridgehead atoms. The third-order valence-corrected chi connectivity index (χ3v) is 3.12. The van der Waals surface area contributed by atoms with E-state index < -0.39 is 0 Å². The summed E-state index contributed by atoms with van der Waals surface area (Å²) in [6.45, 7) is 3.93. The topological polar surface area (TPSA) is 55.9 Å². The smallest absolute Gasteiger partial charge is 0.192 e. The van der Waals surface area contributed by atoms with Crippen molar-refractivity contribution in [3.05, 3.63) is 42.3 Å². The van der Waals surface area contributed by atoms with Crippen LogP contribution in [0.3, 0.4) is 0 Å². The van der Waals surface area contributed by atoms with Crippen LogP contribution in [0.4, 0.5) is 5.69 Å². The number of imidazole rings is 1. The van der Waals surface area contributed by atoms with Crippen molar-refractivity contribution in [1.29, 1.82) is 0 Å². The average Bonchev–Trinajstić information content (AvgIpc) is 2.93. The maximum atomic E-state index is 5.46. The van der Waals surface area contributed by atoms with Gasteiger partial charge in [-0.05, 0) is 25.1 Å². The highest BCUT2D eigenvalue weighted by molar-refractivity contribution is 5.77. The van der Waals surface area contributed by atoms with Crippen molar-refractivity contribution in [1.82, 2.24) is 14.5 Å². The van der Waals surface area contributed by atoms with E-state index in [9.17, 15) is 0 Å². The highest BCUT2D eigenvalue weighted by atomic mass is 16.3. The van der Waals surface area contributed by atoms with Crippen LogP contribution in [0, 0.1) is 6.92 Å². The zero-order chi connectivity index (χ0) is 13.4. The van der Waals surface area contributed by atoms with Gasteiger partial charge >= 0.3 is 0 Å². The third kappa shape index (κ3) is 2.19. The van der Waals surface area contributed by atoms with Crippen LogP contribution >= 0.6 is 0 Å². The molecule has 0 aliphatic heterocycles. The Morgan fingerprint density at radius 2 is 2.21 bits per heavy atom. The van der Waals surface area contributed by atoms with E-state index >= 15 is 0 Å². The van der Waals surface area contributed by atoms with Crippen LogP contribution in [0.25, 0.3) is 11.1 Å². The number of rotatable bonds is 3. The lowest BCUT2D eigenvalue weighted by Crippen LogP contribution is -2.11. The normalized spacial score (nSPS) is 12.8. The summed E-state index contributed by atoms with van der Waals surface area (Å²) >= 11 is 0. The Balaban J connectivity index is 1.86. The SMILES string of the molecule is Cc1nc2cc(NC(C)c3nccn3C)ccc2o1. The molecule has 5 nitrogen and oxygen atoms in total. The standard InChI is InChI=1S/C14H16N4O/c1-9(14-15-6-7-18(14)3)16-11-4-5-13-12(8-11)17-10(2)19-13/h4-9,16H,1-3H3. The maximum absolute atomic E-state index is 5.46. The molecule has 0 fully saturated rings. The molecule has 1 aromatic carbocycles. The Morgan fingerprint density at radius 3 is 2.95 bits per heavy atom. The molecule has 0 aliphatic carbocycles. The van der Waals surface area contributed by atoms with Crippen LogP contribution in [0.2, 0.25) is 0 Å². The van der Waals surface area contributed by atoms with Crippen LogP contribution in [0.5, 0.6) is 0 Å². The highest BCUT2D eigenvalue weighted by Crippen LogP contribution is 2.23. The lowest BCUT2D eigenvalue weighted by atomic mass is 10.2. The van der Waals surface area contributed by atoms with Gasteiger partial charge in [0, 0.05) is 32.1 Å². The summed E-state index contributed by atoms with van der Waals surface area (Å²) in [5, 5.41) is 3.42. The Kier molecular flexibility index (Phi) is 2.74. The lowest BCUT2D eigenvalue weighted by Gasteiger charge is -2.14. The van der Waals surface area contributed by atoms with Crippen LogP contribution in [-0.4, -0.2) is 14.5 Å². The zero-order valence-corrected chi connectivity index (χ0v) is 11.2. The summed E-state index contributed by atoms with van der Waals surface area (Å²) in [7, 11) is 1.99. The average molecular weight is 256 g/mol. The van der Waals surface area contributed by atoms with Crippen LogP contribution in [0.1, 0.15) is 24.7 Å². The number of nitrogens with zero attached hydrogens (tertiary/aromatic N) is 3. The highest BCUT2D eigenvalue weighted by Gasteiger charge is 2.11. The number of aromatic nitrogens is 3. The molecule has 0 spiro atoms. The van der Waals surface area contributed by atoms with Gasteiger partial charge in [0.05, 0.1) is 6.04 Å². The quantitative estimate of drug-likeness (QED) is 0.782. The second kappa shape index (κ2) is 4.42. The van der Waals surface area contributed by atoms with E-state index in [1.807, 2.05) is 42.9 Å². The predicted octanol–water partition coefficient (Wildman–Crippen LogP) is 3.04. The van der Waals surface area contributed by atoms with Gasteiger partial charge in [-0.2, -0.15) is 0 Å². The van der Waals surface area contributed by atoms with Crippen molar-refractivity contribution in [2.45, 2.75) is 19.9 Å². The number of hydrogen-bond donors (Lipinski definition) is 1. The number of nitrogens with one attached hydrogen (secondary N) is 1. The van der Waals surface area contributed by atoms with Gasteiger partial charge in [-0.3, -0.25) is 0 Å². The molecule has 2 aromatic heterocycles. The number of oxazole rings is 1. The molecule has 0 saturated carbocycles. The van der Waals surface area contributed by atoms with Crippen LogP contribution in [0.15, 0.2) is 35.0 Å². The monoisotopic (exact) mass is 256 g/mol. The molecule has 19 heavy (non-hydrogen) atoms. The van der Waals surface area contributed by atoms with Gasteiger partial charge in [-0.1, -0.05) is 0 Å². The van der Waals surface area contributed by atoms with Gasteiger partial charge in [-0.25, -0.2) is 9.97 Å². The van der Waals surface area contributed by atoms with E-state index in [-0.39, 0.29) is 6.04 Å². The number of aryl methyl sites for hydroxylation is 2. The summed E-state index contributed by atoms with van der Waals surface area (Å²) in [5.41, 5.74) is 2.69. The molecule has 0 aliphatic rings. The first-order chi connectivity index (χ1) is 9.13. The van der Waals surface area contributed by atoms with Gasteiger partial charge in [0.25, 0.3) is 0 Å². The molecule has 0 amide bonds. The van der Waals surface area contributed by atoms with Crippen molar-refractivity contribution >= 4 is 16.8 Å². The number of fused-ring (bicyclic) bond motifs is 1. The zero-order valence-electron chi connectivity index (χ0n) is 11.2. The molecule has 0 radical (unpaired) electrons. The third-order valence-electron chi connectivity index (χ3n) is 3.12. The Labute approximate surface area is 111 Å². The van der Waals surface area contributed by atoms with E-state index in [0.717, 1.165) is 22.6 Å². The molecule has 1 N–H and O–H groups in total. The molecule has 0 saturated heterocycles. The van der Waals surface area contributed by atoms with E-state index in [0.29, 0.717) is 5.89 Å². The minimum atomic E-state index is 0.130. The van der Waals surface area contributed by atoms with Crippen molar-refractivity contribution in [2.24, 2.45) is 7.05 Å². The first kappa shape index (κ1) is 11.8. The fourth-order valence-corrected chi connectivity index (χ4v) is 2.24.